The summed E-state index contributed by atoms with van der Waals surface area (Å²) in [7, 11) is 1.63. The molecule has 0 unspecified atom stereocenters. The molecular formula is C14H14BrClN2O. The molecule has 2 rings (SSSR count). The van der Waals surface area contributed by atoms with Gasteiger partial charge < -0.3 is 10.1 Å². The van der Waals surface area contributed by atoms with Crippen molar-refractivity contribution in [3.63, 3.8) is 0 Å². The Balaban J connectivity index is 2.17. The number of benzene rings is 1. The second kappa shape index (κ2) is 6.26. The van der Waals surface area contributed by atoms with E-state index in [1.165, 1.54) is 0 Å². The van der Waals surface area contributed by atoms with E-state index in [2.05, 4.69) is 26.2 Å². The number of methoxy groups -OCH3 is 1. The fourth-order valence-electron chi connectivity index (χ4n) is 1.70. The summed E-state index contributed by atoms with van der Waals surface area (Å²) in [5, 5.41) is 4.01. The topological polar surface area (TPSA) is 34.1 Å². The smallest absolute Gasteiger partial charge is 0.143 e. The second-order valence-electron chi connectivity index (χ2n) is 4.11. The molecule has 1 heterocycles. The Kier molecular flexibility index (Phi) is 4.66. The van der Waals surface area contributed by atoms with Crippen molar-refractivity contribution in [3.8, 4) is 5.75 Å². The summed E-state index contributed by atoms with van der Waals surface area (Å²) in [6.45, 7) is 2.58. The van der Waals surface area contributed by atoms with Gasteiger partial charge in [-0.25, -0.2) is 4.98 Å². The lowest BCUT2D eigenvalue weighted by atomic mass is 10.2. The van der Waals surface area contributed by atoms with Crippen LogP contribution < -0.4 is 10.1 Å². The highest BCUT2D eigenvalue weighted by atomic mass is 79.9. The van der Waals surface area contributed by atoms with Crippen molar-refractivity contribution in [3.05, 3.63) is 51.2 Å². The second-order valence-corrected chi connectivity index (χ2v) is 5.33. The molecule has 0 atom stereocenters. The van der Waals surface area contributed by atoms with Crippen LogP contribution in [0.4, 0.5) is 5.69 Å². The highest BCUT2D eigenvalue weighted by molar-refractivity contribution is 9.10. The van der Waals surface area contributed by atoms with E-state index in [4.69, 9.17) is 16.3 Å². The molecule has 19 heavy (non-hydrogen) atoms. The van der Waals surface area contributed by atoms with Gasteiger partial charge in [0.15, 0.2) is 0 Å². The first-order valence-electron chi connectivity index (χ1n) is 5.79. The maximum Gasteiger partial charge on any atom is 0.143 e. The zero-order valence-electron chi connectivity index (χ0n) is 10.7. The predicted octanol–water partition coefficient (Wildman–Crippen LogP) is 4.43. The van der Waals surface area contributed by atoms with Gasteiger partial charge in [0.2, 0.25) is 0 Å². The molecule has 0 spiro atoms. The maximum atomic E-state index is 6.08. The first kappa shape index (κ1) is 14.2. The number of hydrogen-bond acceptors (Lipinski definition) is 3. The molecule has 1 aromatic heterocycles. The van der Waals surface area contributed by atoms with Gasteiger partial charge in [-0.15, -0.1) is 0 Å². The number of rotatable bonds is 4. The van der Waals surface area contributed by atoms with Gasteiger partial charge in [0, 0.05) is 11.1 Å². The fourth-order valence-corrected chi connectivity index (χ4v) is 2.24. The van der Waals surface area contributed by atoms with E-state index in [1.807, 2.05) is 37.3 Å². The van der Waals surface area contributed by atoms with Crippen molar-refractivity contribution >= 4 is 33.2 Å². The van der Waals surface area contributed by atoms with Crippen LogP contribution >= 0.6 is 27.5 Å². The average Bonchev–Trinajstić information content (AvgIpc) is 2.39. The van der Waals surface area contributed by atoms with E-state index in [1.54, 1.807) is 7.11 Å². The number of nitrogens with zero attached hydrogens (tertiary/aromatic N) is 1. The minimum Gasteiger partial charge on any atom is -0.495 e. The molecule has 0 amide bonds. The highest BCUT2D eigenvalue weighted by Gasteiger charge is 2.07. The highest BCUT2D eigenvalue weighted by Crippen LogP contribution is 2.31. The number of pyridine rings is 1. The summed E-state index contributed by atoms with van der Waals surface area (Å²) >= 11 is 9.43. The quantitative estimate of drug-likeness (QED) is 0.836. The number of nitrogens with one attached hydrogen (secondary N) is 1. The van der Waals surface area contributed by atoms with E-state index in [0.29, 0.717) is 11.6 Å². The lowest BCUT2D eigenvalue weighted by molar-refractivity contribution is 0.416. The van der Waals surface area contributed by atoms with Gasteiger partial charge >= 0.3 is 0 Å². The number of ether oxygens (including phenoxy) is 1. The molecule has 0 fully saturated rings. The van der Waals surface area contributed by atoms with Crippen LogP contribution in [0.2, 0.25) is 5.02 Å². The Hall–Kier alpha value is -1.26. The number of aryl methyl sites for hydroxylation is 1. The molecular weight excluding hydrogens is 328 g/mol. The SMILES string of the molecule is COc1cc(Cl)c(C)cc1NCc1cccc(Br)n1. The number of hydrogen-bond donors (Lipinski definition) is 1. The Labute approximate surface area is 126 Å². The molecule has 100 valence electrons. The summed E-state index contributed by atoms with van der Waals surface area (Å²) in [6.07, 6.45) is 0. The van der Waals surface area contributed by atoms with Gasteiger partial charge in [-0.05, 0) is 46.6 Å². The Morgan fingerprint density at radius 2 is 2.16 bits per heavy atom. The van der Waals surface area contributed by atoms with E-state index >= 15 is 0 Å². The first-order valence-corrected chi connectivity index (χ1v) is 6.96. The summed E-state index contributed by atoms with van der Waals surface area (Å²) in [5.74, 6) is 0.727. The van der Waals surface area contributed by atoms with Crippen molar-refractivity contribution < 1.29 is 4.74 Å². The van der Waals surface area contributed by atoms with Crippen LogP contribution in [0.5, 0.6) is 5.75 Å². The molecule has 5 heteroatoms. The lowest BCUT2D eigenvalue weighted by Crippen LogP contribution is -2.03. The van der Waals surface area contributed by atoms with Crippen LogP contribution in [-0.2, 0) is 6.54 Å². The molecule has 0 bridgehead atoms. The van der Waals surface area contributed by atoms with Gasteiger partial charge in [-0.1, -0.05) is 17.7 Å². The molecule has 0 saturated heterocycles. The van der Waals surface area contributed by atoms with Crippen molar-refractivity contribution in [2.75, 3.05) is 12.4 Å². The summed E-state index contributed by atoms with van der Waals surface area (Å²) in [5.41, 5.74) is 2.86. The largest absolute Gasteiger partial charge is 0.495 e. The molecule has 2 aromatic rings. The normalized spacial score (nSPS) is 10.3. The Morgan fingerprint density at radius 3 is 2.84 bits per heavy atom. The van der Waals surface area contributed by atoms with E-state index < -0.39 is 0 Å². The van der Waals surface area contributed by atoms with E-state index in [0.717, 1.165) is 27.3 Å². The molecule has 3 nitrogen and oxygen atoms in total. The van der Waals surface area contributed by atoms with Crippen LogP contribution in [-0.4, -0.2) is 12.1 Å². The van der Waals surface area contributed by atoms with Gasteiger partial charge in [-0.3, -0.25) is 0 Å². The van der Waals surface area contributed by atoms with Crippen LogP contribution in [0.15, 0.2) is 34.9 Å². The van der Waals surface area contributed by atoms with E-state index in [9.17, 15) is 0 Å². The standard InChI is InChI=1S/C14H14BrClN2O/c1-9-6-12(13(19-2)7-11(9)16)17-8-10-4-3-5-14(15)18-10/h3-7,17H,8H2,1-2H3. The van der Waals surface area contributed by atoms with Crippen molar-refractivity contribution in [2.24, 2.45) is 0 Å². The maximum absolute atomic E-state index is 6.08. The van der Waals surface area contributed by atoms with E-state index in [-0.39, 0.29) is 0 Å². The van der Waals surface area contributed by atoms with Crippen LogP contribution in [0, 0.1) is 6.92 Å². The van der Waals surface area contributed by atoms with Gasteiger partial charge in [0.25, 0.3) is 0 Å². The van der Waals surface area contributed by atoms with Gasteiger partial charge in [0.05, 0.1) is 25.0 Å². The molecule has 0 saturated carbocycles. The summed E-state index contributed by atoms with van der Waals surface area (Å²) < 4.78 is 6.14. The van der Waals surface area contributed by atoms with Crippen LogP contribution in [0.1, 0.15) is 11.3 Å². The lowest BCUT2D eigenvalue weighted by Gasteiger charge is -2.13. The third-order valence-electron chi connectivity index (χ3n) is 2.71. The Bertz CT molecular complexity index is 590. The Morgan fingerprint density at radius 1 is 1.37 bits per heavy atom. The van der Waals surface area contributed by atoms with Gasteiger partial charge in [0.1, 0.15) is 10.4 Å². The zero-order chi connectivity index (χ0) is 13.8. The first-order chi connectivity index (χ1) is 9.10. The zero-order valence-corrected chi connectivity index (χ0v) is 13.0. The average molecular weight is 342 g/mol. The molecule has 1 aromatic carbocycles. The predicted molar refractivity (Wildman–Crippen MR) is 82.0 cm³/mol. The van der Waals surface area contributed by atoms with Gasteiger partial charge in [-0.2, -0.15) is 0 Å². The monoisotopic (exact) mass is 340 g/mol. The molecule has 0 aliphatic carbocycles. The van der Waals surface area contributed by atoms with Crippen LogP contribution in [0.25, 0.3) is 0 Å². The van der Waals surface area contributed by atoms with Crippen molar-refractivity contribution in [1.29, 1.82) is 0 Å². The third kappa shape index (κ3) is 3.61. The summed E-state index contributed by atoms with van der Waals surface area (Å²) in [6, 6.07) is 9.61. The van der Waals surface area contributed by atoms with Crippen molar-refractivity contribution in [1.82, 2.24) is 4.98 Å². The summed E-state index contributed by atoms with van der Waals surface area (Å²) in [4.78, 5) is 4.37. The molecule has 0 aliphatic rings. The molecule has 0 radical (unpaired) electrons. The number of aromatic nitrogens is 1. The van der Waals surface area contributed by atoms with Crippen LogP contribution in [0.3, 0.4) is 0 Å². The third-order valence-corrected chi connectivity index (χ3v) is 3.56. The molecule has 1 N–H and O–H groups in total. The fraction of sp³-hybridized carbons (Fsp3) is 0.214. The number of anilines is 1. The minimum absolute atomic E-state index is 0.622. The number of halogens is 2. The molecule has 0 aliphatic heterocycles. The van der Waals surface area contributed by atoms with Crippen molar-refractivity contribution in [2.45, 2.75) is 13.5 Å². The minimum atomic E-state index is 0.622.